The van der Waals surface area contributed by atoms with Crippen molar-refractivity contribution in [3.8, 4) is 0 Å². The van der Waals surface area contributed by atoms with Crippen LogP contribution in [-0.4, -0.2) is 28.1 Å². The summed E-state index contributed by atoms with van der Waals surface area (Å²) in [6, 6.07) is 0. The van der Waals surface area contributed by atoms with Crippen LogP contribution in [0.3, 0.4) is 0 Å². The number of nitrogens with zero attached hydrogens (tertiary/aromatic N) is 2. The van der Waals surface area contributed by atoms with Crippen LogP contribution < -0.4 is 5.73 Å². The third-order valence-corrected chi connectivity index (χ3v) is 3.31. The average molecular weight is 227 g/mol. The van der Waals surface area contributed by atoms with Gasteiger partial charge < -0.3 is 10.3 Å². The Morgan fingerprint density at radius 1 is 1.53 bits per heavy atom. The van der Waals surface area contributed by atoms with E-state index in [0.717, 1.165) is 12.3 Å². The highest BCUT2D eigenvalue weighted by Gasteiger charge is 2.17. The summed E-state index contributed by atoms with van der Waals surface area (Å²) in [4.78, 5) is 4.22. The molecule has 0 amide bonds. The molecule has 1 atom stereocenters. The molecule has 1 aromatic rings. The van der Waals surface area contributed by atoms with Crippen LogP contribution in [0.1, 0.15) is 25.5 Å². The van der Waals surface area contributed by atoms with Crippen LogP contribution in [0.25, 0.3) is 0 Å². The Labute approximate surface area is 96.5 Å². The van der Waals surface area contributed by atoms with E-state index in [-0.39, 0.29) is 0 Å². The summed E-state index contributed by atoms with van der Waals surface area (Å²) in [7, 11) is 0. The first-order valence-electron chi connectivity index (χ1n) is 5.39. The van der Waals surface area contributed by atoms with E-state index in [4.69, 9.17) is 5.73 Å². The van der Waals surface area contributed by atoms with Gasteiger partial charge in [-0.2, -0.15) is 11.8 Å². The molecule has 4 heteroatoms. The number of hydrogen-bond donors (Lipinski definition) is 1. The molecule has 2 N–H and O–H groups in total. The summed E-state index contributed by atoms with van der Waals surface area (Å²) in [5, 5.41) is 0. The summed E-state index contributed by atoms with van der Waals surface area (Å²) < 4.78 is 2.23. The lowest BCUT2D eigenvalue weighted by Crippen LogP contribution is -2.21. The Kier molecular flexibility index (Phi) is 5.19. The highest BCUT2D eigenvalue weighted by molar-refractivity contribution is 7.98. The van der Waals surface area contributed by atoms with Crippen molar-refractivity contribution in [2.75, 3.05) is 18.6 Å². The van der Waals surface area contributed by atoms with E-state index in [1.54, 1.807) is 0 Å². The number of aryl methyl sites for hydroxylation is 1. The predicted molar refractivity (Wildman–Crippen MR) is 67.2 cm³/mol. The molecule has 3 nitrogen and oxygen atoms in total. The van der Waals surface area contributed by atoms with E-state index >= 15 is 0 Å². The van der Waals surface area contributed by atoms with Crippen molar-refractivity contribution in [3.63, 3.8) is 0 Å². The van der Waals surface area contributed by atoms with Crippen molar-refractivity contribution >= 4 is 11.8 Å². The quantitative estimate of drug-likeness (QED) is 0.808. The maximum atomic E-state index is 5.82. The third kappa shape index (κ3) is 3.24. The Bertz CT molecular complexity index is 283. The van der Waals surface area contributed by atoms with Gasteiger partial charge in [-0.3, -0.25) is 0 Å². The minimum atomic E-state index is 0.425. The molecule has 1 unspecified atom stereocenters. The van der Waals surface area contributed by atoms with Gasteiger partial charge in [0, 0.05) is 36.7 Å². The fraction of sp³-hybridized carbons (Fsp3) is 0.727. The summed E-state index contributed by atoms with van der Waals surface area (Å²) >= 11 is 1.86. The zero-order chi connectivity index (χ0) is 11.3. The van der Waals surface area contributed by atoms with Gasteiger partial charge in [-0.15, -0.1) is 0 Å². The Hall–Kier alpha value is -0.480. The van der Waals surface area contributed by atoms with Gasteiger partial charge >= 0.3 is 0 Å². The van der Waals surface area contributed by atoms with E-state index in [1.165, 1.54) is 5.69 Å². The van der Waals surface area contributed by atoms with Gasteiger partial charge in [0.15, 0.2) is 0 Å². The lowest BCUT2D eigenvalue weighted by Gasteiger charge is -2.20. The SMILES string of the molecule is CSCCn1cncc1C(CN)C(C)C. The van der Waals surface area contributed by atoms with Crippen LogP contribution in [0, 0.1) is 5.92 Å². The molecule has 0 saturated carbocycles. The van der Waals surface area contributed by atoms with Crippen molar-refractivity contribution in [3.05, 3.63) is 18.2 Å². The smallest absolute Gasteiger partial charge is 0.0948 e. The Balaban J connectivity index is 2.77. The van der Waals surface area contributed by atoms with Crippen molar-refractivity contribution in [1.29, 1.82) is 0 Å². The number of hydrogen-bond acceptors (Lipinski definition) is 3. The summed E-state index contributed by atoms with van der Waals surface area (Å²) in [6.07, 6.45) is 5.99. The topological polar surface area (TPSA) is 43.8 Å². The minimum absolute atomic E-state index is 0.425. The van der Waals surface area contributed by atoms with Crippen LogP contribution >= 0.6 is 11.8 Å². The second-order valence-corrected chi connectivity index (χ2v) is 5.08. The third-order valence-electron chi connectivity index (χ3n) is 2.72. The van der Waals surface area contributed by atoms with Crippen molar-refractivity contribution in [2.24, 2.45) is 11.7 Å². The Morgan fingerprint density at radius 3 is 2.80 bits per heavy atom. The number of imidazole rings is 1. The number of nitrogens with two attached hydrogens (primary N) is 1. The molecular weight excluding hydrogens is 206 g/mol. The molecule has 1 rings (SSSR count). The maximum absolute atomic E-state index is 5.82. The largest absolute Gasteiger partial charge is 0.333 e. The van der Waals surface area contributed by atoms with Gasteiger partial charge in [-0.05, 0) is 12.2 Å². The fourth-order valence-electron chi connectivity index (χ4n) is 1.75. The van der Waals surface area contributed by atoms with Crippen LogP contribution in [-0.2, 0) is 6.54 Å². The summed E-state index contributed by atoms with van der Waals surface area (Å²) in [5.74, 6) is 2.12. The van der Waals surface area contributed by atoms with Crippen molar-refractivity contribution < 1.29 is 0 Å². The summed E-state index contributed by atoms with van der Waals surface area (Å²) in [5.41, 5.74) is 7.10. The van der Waals surface area contributed by atoms with Gasteiger partial charge in [-0.25, -0.2) is 4.98 Å². The molecule has 0 aliphatic carbocycles. The lowest BCUT2D eigenvalue weighted by molar-refractivity contribution is 0.476. The Morgan fingerprint density at radius 2 is 2.27 bits per heavy atom. The first kappa shape index (κ1) is 12.6. The molecule has 0 radical (unpaired) electrons. The molecule has 0 aliphatic rings. The van der Waals surface area contributed by atoms with Crippen LogP contribution in [0.5, 0.6) is 0 Å². The highest BCUT2D eigenvalue weighted by Crippen LogP contribution is 2.22. The van der Waals surface area contributed by atoms with E-state index < -0.39 is 0 Å². The number of aromatic nitrogens is 2. The molecule has 0 saturated heterocycles. The number of thioether (sulfide) groups is 1. The minimum Gasteiger partial charge on any atom is -0.333 e. The monoisotopic (exact) mass is 227 g/mol. The second kappa shape index (κ2) is 6.18. The zero-order valence-corrected chi connectivity index (χ0v) is 10.6. The molecular formula is C11H21N3S. The standard InChI is InChI=1S/C11H21N3S/c1-9(2)10(6-12)11-7-13-8-14(11)4-5-15-3/h7-10H,4-6,12H2,1-3H3. The van der Waals surface area contributed by atoms with Gasteiger partial charge in [0.1, 0.15) is 0 Å². The first-order chi connectivity index (χ1) is 7.20. The van der Waals surface area contributed by atoms with Gasteiger partial charge in [0.25, 0.3) is 0 Å². The van der Waals surface area contributed by atoms with Crippen LogP contribution in [0.4, 0.5) is 0 Å². The molecule has 15 heavy (non-hydrogen) atoms. The predicted octanol–water partition coefficient (Wildman–Crippen LogP) is 1.94. The molecule has 0 aromatic carbocycles. The second-order valence-electron chi connectivity index (χ2n) is 4.09. The number of rotatable bonds is 6. The lowest BCUT2D eigenvalue weighted by atomic mass is 9.93. The molecule has 1 heterocycles. The molecule has 86 valence electrons. The van der Waals surface area contributed by atoms with Gasteiger partial charge in [0.2, 0.25) is 0 Å². The normalized spacial score (nSPS) is 13.4. The highest BCUT2D eigenvalue weighted by atomic mass is 32.2. The van der Waals surface area contributed by atoms with E-state index in [0.29, 0.717) is 18.4 Å². The zero-order valence-electron chi connectivity index (χ0n) is 9.81. The molecule has 0 fully saturated rings. The molecule has 0 aliphatic heterocycles. The van der Waals surface area contributed by atoms with Gasteiger partial charge in [0.05, 0.1) is 6.33 Å². The van der Waals surface area contributed by atoms with E-state index in [1.807, 2.05) is 24.3 Å². The van der Waals surface area contributed by atoms with Crippen molar-refractivity contribution in [1.82, 2.24) is 9.55 Å². The molecule has 0 spiro atoms. The van der Waals surface area contributed by atoms with E-state index in [9.17, 15) is 0 Å². The van der Waals surface area contributed by atoms with Crippen molar-refractivity contribution in [2.45, 2.75) is 26.3 Å². The molecule has 0 bridgehead atoms. The van der Waals surface area contributed by atoms with Crippen LogP contribution in [0.15, 0.2) is 12.5 Å². The van der Waals surface area contributed by atoms with E-state index in [2.05, 4.69) is 29.7 Å². The fourth-order valence-corrected chi connectivity index (χ4v) is 2.13. The van der Waals surface area contributed by atoms with Crippen LogP contribution in [0.2, 0.25) is 0 Å². The molecule has 1 aromatic heterocycles. The summed E-state index contributed by atoms with van der Waals surface area (Å²) in [6.45, 7) is 6.15. The maximum Gasteiger partial charge on any atom is 0.0948 e. The first-order valence-corrected chi connectivity index (χ1v) is 6.79. The average Bonchev–Trinajstić information content (AvgIpc) is 2.64. The van der Waals surface area contributed by atoms with Gasteiger partial charge in [-0.1, -0.05) is 13.8 Å².